The molecule has 0 aliphatic rings. The van der Waals surface area contributed by atoms with Crippen LogP contribution in [-0.2, 0) is 13.2 Å². The van der Waals surface area contributed by atoms with Gasteiger partial charge in [0.05, 0.1) is 0 Å². The summed E-state index contributed by atoms with van der Waals surface area (Å²) in [6.07, 6.45) is 3.41. The first-order chi connectivity index (χ1) is 13.3. The van der Waals surface area contributed by atoms with Gasteiger partial charge in [-0.15, -0.1) is 0 Å². The third kappa shape index (κ3) is 4.15. The molecule has 2 aromatic carbocycles. The Morgan fingerprint density at radius 1 is 1.00 bits per heavy atom. The fraction of sp³-hybridized carbons (Fsp3) is 0.0909. The molecule has 2 heterocycles. The zero-order valence-corrected chi connectivity index (χ0v) is 14.6. The Labute approximate surface area is 156 Å². The highest BCUT2D eigenvalue weighted by Gasteiger charge is 2.11. The number of amides is 1. The number of pyridine rings is 1. The first-order valence-corrected chi connectivity index (χ1v) is 8.65. The summed E-state index contributed by atoms with van der Waals surface area (Å²) < 4.78 is 11.4. The lowest BCUT2D eigenvalue weighted by Crippen LogP contribution is -2.22. The summed E-state index contributed by atoms with van der Waals surface area (Å²) in [7, 11) is 0. The van der Waals surface area contributed by atoms with E-state index in [1.165, 1.54) is 0 Å². The number of fused-ring (bicyclic) bond motifs is 1. The second kappa shape index (κ2) is 7.74. The zero-order chi connectivity index (χ0) is 18.5. The third-order valence-electron chi connectivity index (χ3n) is 4.16. The highest BCUT2D eigenvalue weighted by molar-refractivity contribution is 5.91. The smallest absolute Gasteiger partial charge is 0.287 e. The van der Waals surface area contributed by atoms with Gasteiger partial charge in [0.1, 0.15) is 18.1 Å². The van der Waals surface area contributed by atoms with Gasteiger partial charge in [0, 0.05) is 18.9 Å². The maximum atomic E-state index is 12.2. The Kier molecular flexibility index (Phi) is 4.83. The Morgan fingerprint density at radius 2 is 1.89 bits per heavy atom. The molecule has 2 aromatic heterocycles. The van der Waals surface area contributed by atoms with Crippen molar-refractivity contribution in [2.24, 2.45) is 0 Å². The minimum absolute atomic E-state index is 0.258. The van der Waals surface area contributed by atoms with Gasteiger partial charge in [0.15, 0.2) is 5.76 Å². The molecule has 1 N–H and O–H groups in total. The van der Waals surface area contributed by atoms with Gasteiger partial charge in [-0.1, -0.05) is 36.4 Å². The number of furan rings is 1. The fourth-order valence-electron chi connectivity index (χ4n) is 2.76. The molecule has 0 radical (unpaired) electrons. The van der Waals surface area contributed by atoms with Gasteiger partial charge in [-0.3, -0.25) is 9.78 Å². The van der Waals surface area contributed by atoms with Crippen LogP contribution >= 0.6 is 0 Å². The van der Waals surface area contributed by atoms with E-state index in [4.69, 9.17) is 9.15 Å². The number of aromatic nitrogens is 1. The van der Waals surface area contributed by atoms with Crippen molar-refractivity contribution >= 4 is 16.7 Å². The molecule has 0 aliphatic heterocycles. The molecule has 0 aliphatic carbocycles. The summed E-state index contributed by atoms with van der Waals surface area (Å²) in [4.78, 5) is 16.2. The van der Waals surface area contributed by atoms with Crippen molar-refractivity contribution in [3.63, 3.8) is 0 Å². The number of hydrogen-bond acceptors (Lipinski definition) is 4. The summed E-state index contributed by atoms with van der Waals surface area (Å²) in [5, 5.41) is 5.09. The summed E-state index contributed by atoms with van der Waals surface area (Å²) in [6, 6.07) is 21.2. The van der Waals surface area contributed by atoms with Crippen LogP contribution in [0.25, 0.3) is 10.8 Å². The summed E-state index contributed by atoms with van der Waals surface area (Å²) >= 11 is 0. The minimum atomic E-state index is -0.268. The number of nitrogens with one attached hydrogen (secondary N) is 1. The number of carbonyl (C=O) groups is 1. The van der Waals surface area contributed by atoms with E-state index in [9.17, 15) is 4.79 Å². The molecule has 4 aromatic rings. The van der Waals surface area contributed by atoms with Crippen molar-refractivity contribution in [2.45, 2.75) is 13.2 Å². The molecule has 0 spiro atoms. The van der Waals surface area contributed by atoms with Crippen LogP contribution in [0.2, 0.25) is 0 Å². The Balaban J connectivity index is 1.35. The van der Waals surface area contributed by atoms with Crippen molar-refractivity contribution in [1.29, 1.82) is 0 Å². The molecule has 0 unspecified atom stereocenters. The van der Waals surface area contributed by atoms with Crippen molar-refractivity contribution < 1.29 is 13.9 Å². The van der Waals surface area contributed by atoms with Gasteiger partial charge in [0.25, 0.3) is 5.91 Å². The van der Waals surface area contributed by atoms with Crippen molar-refractivity contribution in [2.75, 3.05) is 0 Å². The number of rotatable bonds is 6. The minimum Gasteiger partial charge on any atom is -0.486 e. The molecule has 0 saturated carbocycles. The second-order valence-corrected chi connectivity index (χ2v) is 6.11. The molecule has 0 bridgehead atoms. The number of ether oxygens (including phenoxy) is 1. The van der Waals surface area contributed by atoms with Crippen LogP contribution in [0.1, 0.15) is 21.9 Å². The topological polar surface area (TPSA) is 64.4 Å². The molecular weight excluding hydrogens is 340 g/mol. The van der Waals surface area contributed by atoms with Crippen LogP contribution < -0.4 is 10.1 Å². The largest absolute Gasteiger partial charge is 0.486 e. The average molecular weight is 358 g/mol. The van der Waals surface area contributed by atoms with E-state index in [1.54, 1.807) is 24.5 Å². The molecule has 0 saturated heterocycles. The Hall–Kier alpha value is -3.60. The van der Waals surface area contributed by atoms with Crippen LogP contribution in [0.3, 0.4) is 0 Å². The lowest BCUT2D eigenvalue weighted by atomic mass is 10.1. The predicted molar refractivity (Wildman–Crippen MR) is 102 cm³/mol. The first kappa shape index (κ1) is 16.8. The summed E-state index contributed by atoms with van der Waals surface area (Å²) in [5.74, 6) is 1.34. The van der Waals surface area contributed by atoms with E-state index in [2.05, 4.69) is 16.4 Å². The monoisotopic (exact) mass is 358 g/mol. The number of hydrogen-bond donors (Lipinski definition) is 1. The summed E-state index contributed by atoms with van der Waals surface area (Å²) in [5.41, 5.74) is 0.928. The Morgan fingerprint density at radius 3 is 2.74 bits per heavy atom. The molecule has 4 rings (SSSR count). The lowest BCUT2D eigenvalue weighted by molar-refractivity contribution is 0.0919. The standard InChI is InChI=1S/C22H18N2O3/c25-22(24-14-16-4-3-11-23-13-16)21-10-9-20(27-21)15-26-19-8-7-17-5-1-2-6-18(17)12-19/h1-13H,14-15H2,(H,24,25). The third-order valence-corrected chi connectivity index (χ3v) is 4.16. The van der Waals surface area contributed by atoms with E-state index >= 15 is 0 Å². The van der Waals surface area contributed by atoms with Crippen molar-refractivity contribution in [3.05, 3.63) is 96.2 Å². The highest BCUT2D eigenvalue weighted by atomic mass is 16.5. The van der Waals surface area contributed by atoms with Gasteiger partial charge in [-0.05, 0) is 46.7 Å². The molecule has 27 heavy (non-hydrogen) atoms. The number of carbonyl (C=O) groups excluding carboxylic acids is 1. The maximum Gasteiger partial charge on any atom is 0.287 e. The maximum absolute atomic E-state index is 12.2. The number of nitrogens with zero attached hydrogens (tertiary/aromatic N) is 1. The van der Waals surface area contributed by atoms with Crippen LogP contribution in [-0.4, -0.2) is 10.9 Å². The zero-order valence-electron chi connectivity index (χ0n) is 14.6. The van der Waals surface area contributed by atoms with Crippen LogP contribution in [0.5, 0.6) is 5.75 Å². The van der Waals surface area contributed by atoms with Crippen molar-refractivity contribution in [3.8, 4) is 5.75 Å². The predicted octanol–water partition coefficient (Wildman–Crippen LogP) is 4.34. The van der Waals surface area contributed by atoms with E-state index in [-0.39, 0.29) is 18.3 Å². The highest BCUT2D eigenvalue weighted by Crippen LogP contribution is 2.21. The van der Waals surface area contributed by atoms with Gasteiger partial charge < -0.3 is 14.5 Å². The number of benzene rings is 2. The SMILES string of the molecule is O=C(NCc1cccnc1)c1ccc(COc2ccc3ccccc3c2)o1. The first-order valence-electron chi connectivity index (χ1n) is 8.65. The van der Waals surface area contributed by atoms with E-state index < -0.39 is 0 Å². The van der Waals surface area contributed by atoms with Crippen LogP contribution in [0, 0.1) is 0 Å². The molecule has 0 fully saturated rings. The van der Waals surface area contributed by atoms with E-state index in [0.717, 1.165) is 22.1 Å². The van der Waals surface area contributed by atoms with Gasteiger partial charge in [0.2, 0.25) is 0 Å². The van der Waals surface area contributed by atoms with Gasteiger partial charge in [-0.25, -0.2) is 0 Å². The quantitative estimate of drug-likeness (QED) is 0.557. The van der Waals surface area contributed by atoms with Gasteiger partial charge in [-0.2, -0.15) is 0 Å². The van der Waals surface area contributed by atoms with Gasteiger partial charge >= 0.3 is 0 Å². The Bertz CT molecular complexity index is 1060. The molecular formula is C22H18N2O3. The molecule has 5 nitrogen and oxygen atoms in total. The molecule has 1 amide bonds. The normalized spacial score (nSPS) is 10.7. The lowest BCUT2D eigenvalue weighted by Gasteiger charge is -2.06. The van der Waals surface area contributed by atoms with Crippen LogP contribution in [0.15, 0.2) is 83.5 Å². The van der Waals surface area contributed by atoms with E-state index in [0.29, 0.717) is 12.3 Å². The molecule has 0 atom stereocenters. The fourth-order valence-corrected chi connectivity index (χ4v) is 2.76. The summed E-state index contributed by atoms with van der Waals surface area (Å²) in [6.45, 7) is 0.657. The van der Waals surface area contributed by atoms with Crippen LogP contribution in [0.4, 0.5) is 0 Å². The molecule has 134 valence electrons. The second-order valence-electron chi connectivity index (χ2n) is 6.11. The molecule has 5 heteroatoms. The van der Waals surface area contributed by atoms with E-state index in [1.807, 2.05) is 48.5 Å². The van der Waals surface area contributed by atoms with Crippen molar-refractivity contribution in [1.82, 2.24) is 10.3 Å². The average Bonchev–Trinajstić information content (AvgIpc) is 3.20.